The van der Waals surface area contributed by atoms with Gasteiger partial charge in [0.1, 0.15) is 23.3 Å². The van der Waals surface area contributed by atoms with Gasteiger partial charge in [-0.25, -0.2) is 9.37 Å². The van der Waals surface area contributed by atoms with Crippen LogP contribution in [0, 0.1) is 17.1 Å². The lowest BCUT2D eigenvalue weighted by Crippen LogP contribution is -2.05. The molecule has 10 heteroatoms. The second kappa shape index (κ2) is 5.66. The first-order valence-corrected chi connectivity index (χ1v) is 7.57. The third kappa shape index (κ3) is 2.71. The van der Waals surface area contributed by atoms with Gasteiger partial charge >= 0.3 is 6.18 Å². The Bertz CT molecular complexity index is 1030. The Morgan fingerprint density at radius 2 is 1.96 bits per heavy atom. The van der Waals surface area contributed by atoms with Gasteiger partial charge < -0.3 is 4.42 Å². The topological polar surface area (TPSA) is 91.4 Å². The first-order valence-electron chi connectivity index (χ1n) is 7.57. The van der Waals surface area contributed by atoms with Crippen LogP contribution in [0.3, 0.4) is 0 Å². The van der Waals surface area contributed by atoms with Crippen LogP contribution in [0.2, 0.25) is 0 Å². The van der Waals surface area contributed by atoms with Crippen LogP contribution in [0.25, 0.3) is 22.8 Å². The first-order chi connectivity index (χ1) is 12.4. The van der Waals surface area contributed by atoms with Crippen LogP contribution in [0.5, 0.6) is 0 Å². The number of alkyl halides is 3. The number of H-pyrrole nitrogens is 1. The molecule has 0 amide bonds. The lowest BCUT2D eigenvalue weighted by atomic mass is 10.1. The molecule has 0 atom stereocenters. The number of rotatable bonds is 3. The highest BCUT2D eigenvalue weighted by Gasteiger charge is 2.35. The normalized spacial score (nSPS) is 14.4. The molecule has 132 valence electrons. The minimum atomic E-state index is -4.65. The number of hydrogen-bond acceptors (Lipinski definition) is 5. The summed E-state index contributed by atoms with van der Waals surface area (Å²) in [5, 5.41) is 19.0. The van der Waals surface area contributed by atoms with Crippen molar-refractivity contribution in [3.63, 3.8) is 0 Å². The predicted molar refractivity (Wildman–Crippen MR) is 79.0 cm³/mol. The minimum absolute atomic E-state index is 0.000332. The summed E-state index contributed by atoms with van der Waals surface area (Å²) in [5.74, 6) is -0.799. The summed E-state index contributed by atoms with van der Waals surface area (Å²) in [6.07, 6.45) is -2.99. The molecule has 0 bridgehead atoms. The predicted octanol–water partition coefficient (Wildman–Crippen LogP) is 4.03. The molecule has 0 radical (unpaired) electrons. The maximum absolute atomic E-state index is 14.2. The summed E-state index contributed by atoms with van der Waals surface area (Å²) in [4.78, 5) is 4.18. The molecule has 0 saturated heterocycles. The molecular weight excluding hydrogens is 354 g/mol. The fourth-order valence-electron chi connectivity index (χ4n) is 2.58. The molecule has 1 aromatic carbocycles. The second-order valence-electron chi connectivity index (χ2n) is 5.83. The SMILES string of the molecule is N#Cc1n[nH]nc1-c1nc(-c2ccc(C(F)(F)F)cc2F)oc1C1CC1. The van der Waals surface area contributed by atoms with Crippen molar-refractivity contribution in [1.29, 1.82) is 5.26 Å². The van der Waals surface area contributed by atoms with Gasteiger partial charge in [-0.3, -0.25) is 0 Å². The Morgan fingerprint density at radius 3 is 2.58 bits per heavy atom. The van der Waals surface area contributed by atoms with E-state index in [1.54, 1.807) is 0 Å². The highest BCUT2D eigenvalue weighted by Crippen LogP contribution is 2.46. The highest BCUT2D eigenvalue weighted by molar-refractivity contribution is 5.67. The van der Waals surface area contributed by atoms with E-state index >= 15 is 0 Å². The number of oxazole rings is 1. The van der Waals surface area contributed by atoms with Gasteiger partial charge in [0.15, 0.2) is 11.4 Å². The average Bonchev–Trinajstić information content (AvgIpc) is 3.17. The molecule has 2 heterocycles. The first kappa shape index (κ1) is 16.3. The van der Waals surface area contributed by atoms with E-state index in [-0.39, 0.29) is 34.5 Å². The Balaban J connectivity index is 1.82. The Kier molecular flexibility index (Phi) is 3.54. The number of nitriles is 1. The molecule has 4 rings (SSSR count). The van der Waals surface area contributed by atoms with Crippen LogP contribution in [0.15, 0.2) is 22.6 Å². The van der Waals surface area contributed by atoms with Crippen LogP contribution < -0.4 is 0 Å². The van der Waals surface area contributed by atoms with E-state index in [1.165, 1.54) is 0 Å². The van der Waals surface area contributed by atoms with Gasteiger partial charge in [-0.2, -0.15) is 28.7 Å². The van der Waals surface area contributed by atoms with Crippen molar-refractivity contribution in [2.24, 2.45) is 0 Å². The molecule has 26 heavy (non-hydrogen) atoms. The van der Waals surface area contributed by atoms with Crippen molar-refractivity contribution < 1.29 is 22.0 Å². The molecule has 0 aliphatic heterocycles. The van der Waals surface area contributed by atoms with E-state index in [0.717, 1.165) is 25.0 Å². The summed E-state index contributed by atoms with van der Waals surface area (Å²) in [6, 6.07) is 3.99. The van der Waals surface area contributed by atoms with Crippen LogP contribution in [0.1, 0.15) is 35.8 Å². The van der Waals surface area contributed by atoms with Crippen molar-refractivity contribution in [2.45, 2.75) is 24.9 Å². The summed E-state index contributed by atoms with van der Waals surface area (Å²) < 4.78 is 58.0. The van der Waals surface area contributed by atoms with E-state index in [9.17, 15) is 17.6 Å². The summed E-state index contributed by atoms with van der Waals surface area (Å²) in [7, 11) is 0. The van der Waals surface area contributed by atoms with E-state index < -0.39 is 17.6 Å². The quantitative estimate of drug-likeness (QED) is 0.709. The zero-order chi connectivity index (χ0) is 18.5. The monoisotopic (exact) mass is 363 g/mol. The molecule has 6 nitrogen and oxygen atoms in total. The molecule has 0 spiro atoms. The molecule has 0 unspecified atom stereocenters. The van der Waals surface area contributed by atoms with Crippen LogP contribution in [-0.4, -0.2) is 20.4 Å². The molecule has 1 saturated carbocycles. The summed E-state index contributed by atoms with van der Waals surface area (Å²) in [6.45, 7) is 0. The van der Waals surface area contributed by atoms with Crippen LogP contribution in [0.4, 0.5) is 17.6 Å². The van der Waals surface area contributed by atoms with Gasteiger partial charge in [-0.1, -0.05) is 0 Å². The van der Waals surface area contributed by atoms with Gasteiger partial charge in [0.25, 0.3) is 0 Å². The Hall–Kier alpha value is -3.22. The van der Waals surface area contributed by atoms with Crippen molar-refractivity contribution in [1.82, 2.24) is 20.4 Å². The number of hydrogen-bond donors (Lipinski definition) is 1. The summed E-state index contributed by atoms with van der Waals surface area (Å²) in [5.41, 5.74) is -0.896. The van der Waals surface area contributed by atoms with Gasteiger partial charge in [-0.05, 0) is 31.0 Å². The van der Waals surface area contributed by atoms with E-state index in [4.69, 9.17) is 9.68 Å². The number of halogens is 4. The zero-order valence-corrected chi connectivity index (χ0v) is 12.9. The Morgan fingerprint density at radius 1 is 1.19 bits per heavy atom. The van der Waals surface area contributed by atoms with Crippen LogP contribution in [-0.2, 0) is 6.18 Å². The largest absolute Gasteiger partial charge is 0.440 e. The van der Waals surface area contributed by atoms with Gasteiger partial charge in [0.05, 0.1) is 11.1 Å². The van der Waals surface area contributed by atoms with Crippen molar-refractivity contribution in [3.8, 4) is 28.9 Å². The maximum Gasteiger partial charge on any atom is 0.416 e. The number of aromatic amines is 1. The van der Waals surface area contributed by atoms with Crippen molar-refractivity contribution in [3.05, 3.63) is 41.0 Å². The van der Waals surface area contributed by atoms with E-state index in [0.29, 0.717) is 11.8 Å². The standard InChI is InChI=1S/C16H9F4N5O/c17-10-5-8(16(18,19)20)3-4-9(10)15-22-13(14(26-15)7-1-2-7)12-11(6-21)23-25-24-12/h3-5,7H,1-2H2,(H,23,24,25). The zero-order valence-electron chi connectivity index (χ0n) is 12.9. The molecule has 1 aliphatic rings. The highest BCUT2D eigenvalue weighted by atomic mass is 19.4. The van der Waals surface area contributed by atoms with Crippen molar-refractivity contribution in [2.75, 3.05) is 0 Å². The van der Waals surface area contributed by atoms with Gasteiger partial charge in [0, 0.05) is 5.92 Å². The lowest BCUT2D eigenvalue weighted by molar-refractivity contribution is -0.137. The van der Waals surface area contributed by atoms with Crippen molar-refractivity contribution >= 4 is 0 Å². The van der Waals surface area contributed by atoms with Gasteiger partial charge in [0.2, 0.25) is 5.89 Å². The molecule has 3 aromatic rings. The molecule has 1 aliphatic carbocycles. The average molecular weight is 363 g/mol. The molecular formula is C16H9F4N5O. The third-order valence-electron chi connectivity index (χ3n) is 4.01. The number of benzene rings is 1. The summed E-state index contributed by atoms with van der Waals surface area (Å²) >= 11 is 0. The third-order valence-corrected chi connectivity index (χ3v) is 4.01. The molecule has 1 fully saturated rings. The van der Waals surface area contributed by atoms with E-state index in [2.05, 4.69) is 20.4 Å². The fraction of sp³-hybridized carbons (Fsp3) is 0.250. The fourth-order valence-corrected chi connectivity index (χ4v) is 2.58. The number of aromatic nitrogens is 4. The molecule has 1 N–H and O–H groups in total. The minimum Gasteiger partial charge on any atom is -0.440 e. The van der Waals surface area contributed by atoms with Crippen LogP contribution >= 0.6 is 0 Å². The number of nitrogens with one attached hydrogen (secondary N) is 1. The Labute approximate surface area is 143 Å². The smallest absolute Gasteiger partial charge is 0.416 e. The van der Waals surface area contributed by atoms with Gasteiger partial charge in [-0.15, -0.1) is 5.10 Å². The van der Waals surface area contributed by atoms with E-state index in [1.807, 2.05) is 6.07 Å². The molecule has 2 aromatic heterocycles. The second-order valence-corrected chi connectivity index (χ2v) is 5.83. The lowest BCUT2D eigenvalue weighted by Gasteiger charge is -2.07. The maximum atomic E-state index is 14.2. The number of nitrogens with zero attached hydrogens (tertiary/aromatic N) is 4.